The number of phenols is 1. The van der Waals surface area contributed by atoms with Crippen molar-refractivity contribution < 1.29 is 5.11 Å². The molecule has 0 amide bonds. The molecule has 0 saturated carbocycles. The standard InChI is InChI=1S/C17H16O/c1-12-10-13(2)17(14(3)11-12)9-6-15-4-7-16(18)8-5-15/h4-5,7-8,10-11,18H,1-3H3. The monoisotopic (exact) mass is 236 g/mol. The highest BCUT2D eigenvalue weighted by molar-refractivity contribution is 5.51. The second-order valence-corrected chi connectivity index (χ2v) is 4.57. The van der Waals surface area contributed by atoms with Crippen molar-refractivity contribution in [2.75, 3.05) is 0 Å². The molecule has 1 N–H and O–H groups in total. The Morgan fingerprint density at radius 2 is 1.39 bits per heavy atom. The molecular formula is C17H16O. The van der Waals surface area contributed by atoms with E-state index in [1.165, 1.54) is 16.7 Å². The van der Waals surface area contributed by atoms with E-state index in [9.17, 15) is 5.11 Å². The number of rotatable bonds is 0. The lowest BCUT2D eigenvalue weighted by atomic mass is 10.00. The summed E-state index contributed by atoms with van der Waals surface area (Å²) < 4.78 is 0. The van der Waals surface area contributed by atoms with Crippen molar-refractivity contribution in [3.63, 3.8) is 0 Å². The molecule has 2 aromatic carbocycles. The summed E-state index contributed by atoms with van der Waals surface area (Å²) in [4.78, 5) is 0. The molecule has 0 saturated heterocycles. The van der Waals surface area contributed by atoms with E-state index >= 15 is 0 Å². The molecule has 1 heteroatoms. The molecule has 0 heterocycles. The third kappa shape index (κ3) is 2.73. The second kappa shape index (κ2) is 4.98. The largest absolute Gasteiger partial charge is 0.508 e. The van der Waals surface area contributed by atoms with Crippen LogP contribution in [0.5, 0.6) is 5.75 Å². The fourth-order valence-corrected chi connectivity index (χ4v) is 2.06. The van der Waals surface area contributed by atoms with E-state index in [2.05, 4.69) is 44.7 Å². The van der Waals surface area contributed by atoms with Gasteiger partial charge in [-0.3, -0.25) is 0 Å². The lowest BCUT2D eigenvalue weighted by Gasteiger charge is -2.04. The predicted octanol–water partition coefficient (Wildman–Crippen LogP) is 3.72. The summed E-state index contributed by atoms with van der Waals surface area (Å²) in [5.74, 6) is 6.61. The van der Waals surface area contributed by atoms with Crippen molar-refractivity contribution in [3.05, 3.63) is 64.2 Å². The SMILES string of the molecule is Cc1cc(C)c(C#Cc2ccc(O)cc2)c(C)c1. The summed E-state index contributed by atoms with van der Waals surface area (Å²) in [7, 11) is 0. The van der Waals surface area contributed by atoms with Gasteiger partial charge in [0.25, 0.3) is 0 Å². The van der Waals surface area contributed by atoms with Crippen molar-refractivity contribution in [2.45, 2.75) is 20.8 Å². The van der Waals surface area contributed by atoms with Gasteiger partial charge in [-0.2, -0.15) is 0 Å². The molecule has 1 nitrogen and oxygen atoms in total. The first-order valence-electron chi connectivity index (χ1n) is 5.95. The zero-order chi connectivity index (χ0) is 13.1. The summed E-state index contributed by atoms with van der Waals surface area (Å²) in [6.07, 6.45) is 0. The lowest BCUT2D eigenvalue weighted by molar-refractivity contribution is 0.475. The second-order valence-electron chi connectivity index (χ2n) is 4.57. The third-order valence-corrected chi connectivity index (χ3v) is 2.88. The Labute approximate surface area is 108 Å². The van der Waals surface area contributed by atoms with Crippen molar-refractivity contribution in [2.24, 2.45) is 0 Å². The normalized spacial score (nSPS) is 9.72. The van der Waals surface area contributed by atoms with Crippen LogP contribution >= 0.6 is 0 Å². The number of hydrogen-bond donors (Lipinski definition) is 1. The van der Waals surface area contributed by atoms with Crippen LogP contribution in [0.4, 0.5) is 0 Å². The van der Waals surface area contributed by atoms with E-state index < -0.39 is 0 Å². The predicted molar refractivity (Wildman–Crippen MR) is 74.7 cm³/mol. The molecule has 0 unspecified atom stereocenters. The Balaban J connectivity index is 2.38. The minimum atomic E-state index is 0.267. The van der Waals surface area contributed by atoms with Crippen LogP contribution in [0.3, 0.4) is 0 Å². The van der Waals surface area contributed by atoms with E-state index in [0.29, 0.717) is 0 Å². The zero-order valence-electron chi connectivity index (χ0n) is 10.9. The summed E-state index contributed by atoms with van der Waals surface area (Å²) in [5, 5.41) is 9.21. The van der Waals surface area contributed by atoms with Crippen LogP contribution in [0.15, 0.2) is 36.4 Å². The summed E-state index contributed by atoms with van der Waals surface area (Å²) in [6.45, 7) is 6.26. The van der Waals surface area contributed by atoms with Crippen molar-refractivity contribution in [1.82, 2.24) is 0 Å². The van der Waals surface area contributed by atoms with E-state index in [1.807, 2.05) is 12.1 Å². The first kappa shape index (κ1) is 12.3. The van der Waals surface area contributed by atoms with Crippen LogP contribution in [0.1, 0.15) is 27.8 Å². The lowest BCUT2D eigenvalue weighted by Crippen LogP contribution is -1.89. The Bertz CT molecular complexity index is 602. The van der Waals surface area contributed by atoms with Crippen LogP contribution in [0.25, 0.3) is 0 Å². The average Bonchev–Trinajstić information content (AvgIpc) is 2.30. The van der Waals surface area contributed by atoms with Crippen LogP contribution < -0.4 is 0 Å². The van der Waals surface area contributed by atoms with Gasteiger partial charge < -0.3 is 5.11 Å². The number of aryl methyl sites for hydroxylation is 3. The molecule has 0 aromatic heterocycles. The van der Waals surface area contributed by atoms with Gasteiger partial charge >= 0.3 is 0 Å². The molecule has 0 aliphatic rings. The van der Waals surface area contributed by atoms with Gasteiger partial charge in [-0.15, -0.1) is 0 Å². The topological polar surface area (TPSA) is 20.2 Å². The Morgan fingerprint density at radius 3 is 1.94 bits per heavy atom. The number of hydrogen-bond acceptors (Lipinski definition) is 1. The highest BCUT2D eigenvalue weighted by atomic mass is 16.3. The first-order valence-corrected chi connectivity index (χ1v) is 5.95. The molecule has 18 heavy (non-hydrogen) atoms. The highest BCUT2D eigenvalue weighted by Gasteiger charge is 2.00. The van der Waals surface area contributed by atoms with Gasteiger partial charge in [-0.1, -0.05) is 29.5 Å². The maximum absolute atomic E-state index is 9.21. The first-order chi connectivity index (χ1) is 8.56. The molecule has 0 bridgehead atoms. The summed E-state index contributed by atoms with van der Waals surface area (Å²) in [5.41, 5.74) is 5.68. The molecule has 90 valence electrons. The smallest absolute Gasteiger partial charge is 0.115 e. The molecule has 2 rings (SSSR count). The van der Waals surface area contributed by atoms with Gasteiger partial charge in [-0.25, -0.2) is 0 Å². The zero-order valence-corrected chi connectivity index (χ0v) is 10.9. The van der Waals surface area contributed by atoms with Gasteiger partial charge in [0, 0.05) is 11.1 Å². The fraction of sp³-hybridized carbons (Fsp3) is 0.176. The van der Waals surface area contributed by atoms with E-state index in [0.717, 1.165) is 11.1 Å². The van der Waals surface area contributed by atoms with Crippen LogP contribution in [0, 0.1) is 32.6 Å². The molecule has 0 aliphatic heterocycles. The molecule has 0 fully saturated rings. The van der Waals surface area contributed by atoms with Crippen molar-refractivity contribution in [3.8, 4) is 17.6 Å². The third-order valence-electron chi connectivity index (χ3n) is 2.88. The van der Waals surface area contributed by atoms with Gasteiger partial charge in [0.2, 0.25) is 0 Å². The van der Waals surface area contributed by atoms with Gasteiger partial charge in [-0.05, 0) is 56.2 Å². The Kier molecular flexibility index (Phi) is 3.39. The minimum absolute atomic E-state index is 0.267. The van der Waals surface area contributed by atoms with Crippen LogP contribution in [0.2, 0.25) is 0 Å². The van der Waals surface area contributed by atoms with Gasteiger partial charge in [0.15, 0.2) is 0 Å². The molecule has 0 aliphatic carbocycles. The van der Waals surface area contributed by atoms with Gasteiger partial charge in [0.1, 0.15) is 5.75 Å². The fourth-order valence-electron chi connectivity index (χ4n) is 2.06. The average molecular weight is 236 g/mol. The number of phenolic OH excluding ortho intramolecular Hbond substituents is 1. The molecule has 0 radical (unpaired) electrons. The van der Waals surface area contributed by atoms with Gasteiger partial charge in [0.05, 0.1) is 0 Å². The van der Waals surface area contributed by atoms with Crippen molar-refractivity contribution >= 4 is 0 Å². The van der Waals surface area contributed by atoms with Crippen LogP contribution in [-0.4, -0.2) is 5.11 Å². The number of aromatic hydroxyl groups is 1. The molecule has 0 atom stereocenters. The maximum atomic E-state index is 9.21. The van der Waals surface area contributed by atoms with E-state index in [1.54, 1.807) is 12.1 Å². The van der Waals surface area contributed by atoms with E-state index in [4.69, 9.17) is 0 Å². The highest BCUT2D eigenvalue weighted by Crippen LogP contribution is 2.15. The molecular weight excluding hydrogens is 220 g/mol. The summed E-state index contributed by atoms with van der Waals surface area (Å²) in [6, 6.07) is 11.2. The van der Waals surface area contributed by atoms with Crippen molar-refractivity contribution in [1.29, 1.82) is 0 Å². The minimum Gasteiger partial charge on any atom is -0.508 e. The Hall–Kier alpha value is -2.20. The van der Waals surface area contributed by atoms with E-state index in [-0.39, 0.29) is 5.75 Å². The maximum Gasteiger partial charge on any atom is 0.115 e. The Morgan fingerprint density at radius 1 is 0.833 bits per heavy atom. The molecule has 0 spiro atoms. The number of benzene rings is 2. The quantitative estimate of drug-likeness (QED) is 0.691. The van der Waals surface area contributed by atoms with Crippen LogP contribution in [-0.2, 0) is 0 Å². The molecule has 2 aromatic rings. The summed E-state index contributed by atoms with van der Waals surface area (Å²) >= 11 is 0.